The maximum Gasteiger partial charge on any atom is 0.141 e. The minimum Gasteiger partial charge on any atom is -0.495 e. The third-order valence-electron chi connectivity index (χ3n) is 2.84. The summed E-state index contributed by atoms with van der Waals surface area (Å²) in [6.07, 6.45) is 0. The molecule has 0 heterocycles. The molecule has 108 valence electrons. The van der Waals surface area contributed by atoms with Crippen LogP contribution < -0.4 is 14.8 Å². The Morgan fingerprint density at radius 1 is 1.26 bits per heavy atom. The van der Waals surface area contributed by atoms with E-state index >= 15 is 0 Å². The van der Waals surface area contributed by atoms with Gasteiger partial charge in [0.1, 0.15) is 16.0 Å². The van der Waals surface area contributed by atoms with E-state index in [0.717, 1.165) is 27.3 Å². The van der Waals surface area contributed by atoms with Gasteiger partial charge in [-0.25, -0.2) is 0 Å². The lowest BCUT2D eigenvalue weighted by Crippen LogP contribution is -2.20. The highest BCUT2D eigenvalue weighted by Gasteiger charge is 2.19. The summed E-state index contributed by atoms with van der Waals surface area (Å²) < 4.78 is 11.7. The number of methoxy groups -OCH3 is 2. The first-order valence-electron chi connectivity index (χ1n) is 6.24. The van der Waals surface area contributed by atoms with Crippen LogP contribution in [0.3, 0.4) is 0 Å². The first kappa shape index (κ1) is 16.7. The smallest absolute Gasteiger partial charge is 0.141 e. The molecule has 1 aromatic carbocycles. The van der Waals surface area contributed by atoms with Crippen LogP contribution in [0.5, 0.6) is 11.5 Å². The zero-order valence-electron chi connectivity index (χ0n) is 12.1. The lowest BCUT2D eigenvalue weighted by Gasteiger charge is -2.21. The Labute approximate surface area is 128 Å². The molecule has 0 aliphatic carbocycles. The monoisotopic (exact) mass is 347 g/mol. The number of ether oxygens (including phenoxy) is 2. The zero-order valence-corrected chi connectivity index (χ0v) is 14.5. The molecule has 1 atom stereocenters. The van der Waals surface area contributed by atoms with E-state index in [-0.39, 0.29) is 6.04 Å². The second-order valence-electron chi connectivity index (χ2n) is 4.43. The lowest BCUT2D eigenvalue weighted by molar-refractivity contribution is 0.382. The van der Waals surface area contributed by atoms with Crippen LogP contribution in [0.1, 0.15) is 25.5 Å². The zero-order chi connectivity index (χ0) is 14.4. The van der Waals surface area contributed by atoms with Crippen LogP contribution in [0.4, 0.5) is 0 Å². The van der Waals surface area contributed by atoms with Crippen LogP contribution in [0.25, 0.3) is 0 Å². The summed E-state index contributed by atoms with van der Waals surface area (Å²) in [7, 11) is 5.32. The predicted octanol–water partition coefficient (Wildman–Crippen LogP) is 3.87. The number of halogens is 1. The van der Waals surface area contributed by atoms with E-state index in [1.165, 1.54) is 0 Å². The van der Waals surface area contributed by atoms with Gasteiger partial charge in [-0.3, -0.25) is 0 Å². The van der Waals surface area contributed by atoms with E-state index in [4.69, 9.17) is 9.47 Å². The molecule has 0 aromatic heterocycles. The highest BCUT2D eigenvalue weighted by atomic mass is 79.9. The Bertz CT molecular complexity index is 413. The molecule has 0 bridgehead atoms. The Morgan fingerprint density at radius 2 is 1.95 bits per heavy atom. The van der Waals surface area contributed by atoms with E-state index in [1.54, 1.807) is 14.2 Å². The fourth-order valence-corrected chi connectivity index (χ4v) is 3.42. The highest BCUT2D eigenvalue weighted by Crippen LogP contribution is 2.40. The Hall–Kier alpha value is -0.390. The Kier molecular flexibility index (Phi) is 7.04. The first-order valence-corrected chi connectivity index (χ1v) is 8.08. The fourth-order valence-electron chi connectivity index (χ4n) is 1.81. The molecule has 5 heteroatoms. The molecule has 19 heavy (non-hydrogen) atoms. The fraction of sp³-hybridized carbons (Fsp3) is 0.571. The average molecular weight is 348 g/mol. The molecule has 0 saturated heterocycles. The molecule has 1 N–H and O–H groups in total. The molecule has 0 fully saturated rings. The van der Waals surface area contributed by atoms with Crippen LogP contribution in [0.15, 0.2) is 16.6 Å². The third-order valence-corrected chi connectivity index (χ3v) is 4.78. The molecule has 1 unspecified atom stereocenters. The van der Waals surface area contributed by atoms with Crippen molar-refractivity contribution in [3.8, 4) is 11.5 Å². The van der Waals surface area contributed by atoms with Gasteiger partial charge in [0, 0.05) is 17.4 Å². The van der Waals surface area contributed by atoms with Crippen molar-refractivity contribution in [2.75, 3.05) is 27.0 Å². The van der Waals surface area contributed by atoms with Gasteiger partial charge in [-0.1, -0.05) is 13.8 Å². The number of hydrogen-bond donors (Lipinski definition) is 1. The molecule has 1 rings (SSSR count). The van der Waals surface area contributed by atoms with Crippen LogP contribution in [0, 0.1) is 0 Å². The minimum atomic E-state index is 0.254. The largest absolute Gasteiger partial charge is 0.495 e. The highest BCUT2D eigenvalue weighted by molar-refractivity contribution is 9.10. The van der Waals surface area contributed by atoms with E-state index in [1.807, 2.05) is 24.9 Å². The van der Waals surface area contributed by atoms with Gasteiger partial charge in [-0.15, -0.1) is 0 Å². The molecule has 0 radical (unpaired) electrons. The summed E-state index contributed by atoms with van der Waals surface area (Å²) in [6.45, 7) is 4.41. The summed E-state index contributed by atoms with van der Waals surface area (Å²) in [5, 5.41) is 3.97. The number of hydrogen-bond acceptors (Lipinski definition) is 4. The molecule has 0 amide bonds. The van der Waals surface area contributed by atoms with Crippen molar-refractivity contribution < 1.29 is 9.47 Å². The number of nitrogens with one attached hydrogen (secondary N) is 1. The van der Waals surface area contributed by atoms with Crippen molar-refractivity contribution in [3.63, 3.8) is 0 Å². The molecule has 3 nitrogen and oxygen atoms in total. The molecule has 0 spiro atoms. The maximum atomic E-state index is 5.53. The lowest BCUT2D eigenvalue weighted by atomic mass is 10.1. The van der Waals surface area contributed by atoms with Gasteiger partial charge >= 0.3 is 0 Å². The predicted molar refractivity (Wildman–Crippen MR) is 86.6 cm³/mol. The summed E-state index contributed by atoms with van der Waals surface area (Å²) >= 11 is 5.47. The number of benzene rings is 1. The van der Waals surface area contributed by atoms with Crippen LogP contribution in [0.2, 0.25) is 0 Å². The second kappa shape index (κ2) is 8.02. The van der Waals surface area contributed by atoms with Crippen molar-refractivity contribution in [2.24, 2.45) is 0 Å². The SMILES string of the molecule is CNC(CSC(C)C)c1ccc(OC)c(Br)c1OC. The number of thioether (sulfide) groups is 1. The minimum absolute atomic E-state index is 0.254. The quantitative estimate of drug-likeness (QED) is 0.810. The topological polar surface area (TPSA) is 30.5 Å². The molecular formula is C14H22BrNO2S. The average Bonchev–Trinajstić information content (AvgIpc) is 2.39. The second-order valence-corrected chi connectivity index (χ2v) is 6.83. The van der Waals surface area contributed by atoms with Crippen molar-refractivity contribution in [2.45, 2.75) is 25.1 Å². The molecule has 0 aliphatic rings. The third kappa shape index (κ3) is 4.29. The Balaban J connectivity index is 3.06. The van der Waals surface area contributed by atoms with Gasteiger partial charge in [0.25, 0.3) is 0 Å². The van der Waals surface area contributed by atoms with Crippen LogP contribution in [-0.4, -0.2) is 32.3 Å². The van der Waals surface area contributed by atoms with Gasteiger partial charge in [0.05, 0.1) is 14.2 Å². The van der Waals surface area contributed by atoms with E-state index in [9.17, 15) is 0 Å². The molecular weight excluding hydrogens is 326 g/mol. The standard InChI is InChI=1S/C14H22BrNO2S/c1-9(2)19-8-11(16-3)10-6-7-12(17-4)13(15)14(10)18-5/h6-7,9,11,16H,8H2,1-5H3. The number of rotatable bonds is 7. The van der Waals surface area contributed by atoms with Gasteiger partial charge in [0.15, 0.2) is 0 Å². The first-order chi connectivity index (χ1) is 9.04. The van der Waals surface area contributed by atoms with Crippen molar-refractivity contribution in [3.05, 3.63) is 22.2 Å². The van der Waals surface area contributed by atoms with Gasteiger partial charge in [0.2, 0.25) is 0 Å². The van der Waals surface area contributed by atoms with Gasteiger partial charge < -0.3 is 14.8 Å². The summed E-state index contributed by atoms with van der Waals surface area (Å²) in [6, 6.07) is 4.28. The Morgan fingerprint density at radius 3 is 2.42 bits per heavy atom. The molecule has 0 aliphatic heterocycles. The normalized spacial score (nSPS) is 12.6. The molecule has 0 saturated carbocycles. The van der Waals surface area contributed by atoms with Gasteiger partial charge in [-0.2, -0.15) is 11.8 Å². The summed E-state index contributed by atoms with van der Waals surface area (Å²) in [4.78, 5) is 0. The van der Waals surface area contributed by atoms with Crippen LogP contribution in [-0.2, 0) is 0 Å². The van der Waals surface area contributed by atoms with Crippen molar-refractivity contribution in [1.82, 2.24) is 5.32 Å². The van der Waals surface area contributed by atoms with E-state index < -0.39 is 0 Å². The summed E-state index contributed by atoms with van der Waals surface area (Å²) in [5.41, 5.74) is 1.14. The van der Waals surface area contributed by atoms with E-state index in [2.05, 4.69) is 41.2 Å². The maximum absolute atomic E-state index is 5.53. The van der Waals surface area contributed by atoms with Crippen LogP contribution >= 0.6 is 27.7 Å². The van der Waals surface area contributed by atoms with Crippen molar-refractivity contribution in [1.29, 1.82) is 0 Å². The van der Waals surface area contributed by atoms with Crippen molar-refractivity contribution >= 4 is 27.7 Å². The van der Waals surface area contributed by atoms with Gasteiger partial charge in [-0.05, 0) is 40.4 Å². The van der Waals surface area contributed by atoms with E-state index in [0.29, 0.717) is 5.25 Å². The molecule has 1 aromatic rings. The summed E-state index contributed by atoms with van der Waals surface area (Å²) in [5.74, 6) is 2.62.